The molecule has 292 valence electrons. The smallest absolute Gasteiger partial charge is 0.305 e. The largest absolute Gasteiger partial charge is 0.497 e. The minimum Gasteiger partial charge on any atom is -0.497 e. The summed E-state index contributed by atoms with van der Waals surface area (Å²) in [4.78, 5) is 60.5. The van der Waals surface area contributed by atoms with Gasteiger partial charge in [-0.25, -0.2) is 0 Å². The number of anilines is 3. The van der Waals surface area contributed by atoms with Crippen molar-refractivity contribution in [1.82, 2.24) is 4.90 Å². The van der Waals surface area contributed by atoms with Gasteiger partial charge in [0.2, 0.25) is 11.8 Å². The molecule has 0 aromatic heterocycles. The number of aliphatic hydroxyl groups excluding tert-OH is 1. The Kier molecular flexibility index (Phi) is 11.0. The van der Waals surface area contributed by atoms with Crippen LogP contribution in [0.2, 0.25) is 18.6 Å². The lowest BCUT2D eigenvalue weighted by Crippen LogP contribution is -2.52. The molecule has 11 nitrogen and oxygen atoms in total. The Morgan fingerprint density at radius 3 is 2.47 bits per heavy atom. The van der Waals surface area contributed by atoms with E-state index in [-0.39, 0.29) is 60.6 Å². The van der Waals surface area contributed by atoms with Gasteiger partial charge in [-0.3, -0.25) is 24.1 Å². The number of carbonyl (C=O) groups excluding carboxylic acids is 4. The topological polar surface area (TPSA) is 126 Å². The summed E-state index contributed by atoms with van der Waals surface area (Å²) in [6.45, 7) is 7.52. The number of rotatable bonds is 12. The second kappa shape index (κ2) is 15.5. The standard InChI is InChI=1S/C43H53N3O8Si/c1-28-41(55(4,5)33-19-17-32(52-2)18-20-33)37(26-39(49)44-24-10-12-31(44)27-47)54-43(28)34-25-30(46-35-13-7-6-11-29(35)15-22-38(46)48)16-21-36(34)45(42(43)51)23-9-8-14-40(50)53-3/h6-7,11,13,16-21,25,28,31,37,41,47H,8-10,12,14-15,22-24,26-27H2,1-5H3/t28-,31-,37+,41-,43+/m0/s1. The van der Waals surface area contributed by atoms with E-state index in [2.05, 4.69) is 32.2 Å². The Hall–Kier alpha value is -4.52. The number of aliphatic hydroxyl groups is 1. The van der Waals surface area contributed by atoms with Crippen LogP contribution in [0, 0.1) is 5.92 Å². The first kappa shape index (κ1) is 38.7. The highest BCUT2D eigenvalue weighted by molar-refractivity contribution is 6.91. The lowest BCUT2D eigenvalue weighted by Gasteiger charge is -2.37. The van der Waals surface area contributed by atoms with E-state index in [1.165, 1.54) is 7.11 Å². The van der Waals surface area contributed by atoms with Gasteiger partial charge in [-0.2, -0.15) is 0 Å². The number of unbranched alkanes of at least 4 members (excludes halogenated alkanes) is 1. The molecule has 1 spiro atoms. The zero-order chi connectivity index (χ0) is 39.1. The minimum absolute atomic E-state index is 0.0180. The Bertz CT molecular complexity index is 1950. The molecule has 55 heavy (non-hydrogen) atoms. The van der Waals surface area contributed by atoms with E-state index in [0.29, 0.717) is 55.7 Å². The fourth-order valence-corrected chi connectivity index (χ4v) is 13.9. The van der Waals surface area contributed by atoms with Crippen LogP contribution in [0.3, 0.4) is 0 Å². The number of aryl methyl sites for hydroxylation is 1. The fourth-order valence-electron chi connectivity index (χ4n) is 9.86. The summed E-state index contributed by atoms with van der Waals surface area (Å²) >= 11 is 0. The number of ether oxygens (including phenoxy) is 3. The molecule has 3 aromatic carbocycles. The number of carbonyl (C=O) groups is 4. The molecule has 4 heterocycles. The lowest BCUT2D eigenvalue weighted by atomic mass is 9.82. The van der Waals surface area contributed by atoms with E-state index in [1.807, 2.05) is 54.6 Å². The lowest BCUT2D eigenvalue weighted by molar-refractivity contribution is -0.150. The average molecular weight is 768 g/mol. The molecule has 0 saturated carbocycles. The highest BCUT2D eigenvalue weighted by Gasteiger charge is 2.66. The maximum absolute atomic E-state index is 15.3. The van der Waals surface area contributed by atoms with Crippen LogP contribution in [-0.2, 0) is 40.7 Å². The maximum Gasteiger partial charge on any atom is 0.305 e. The van der Waals surface area contributed by atoms with Crippen LogP contribution in [0.25, 0.3) is 0 Å². The van der Waals surface area contributed by atoms with Crippen molar-refractivity contribution in [2.75, 3.05) is 43.7 Å². The molecule has 4 aliphatic rings. The molecule has 0 unspecified atom stereocenters. The molecule has 3 aromatic rings. The first-order valence-corrected chi connectivity index (χ1v) is 22.7. The van der Waals surface area contributed by atoms with Crippen LogP contribution < -0.4 is 19.7 Å². The molecule has 2 saturated heterocycles. The van der Waals surface area contributed by atoms with Gasteiger partial charge in [-0.1, -0.05) is 55.5 Å². The summed E-state index contributed by atoms with van der Waals surface area (Å²) < 4.78 is 17.6. The minimum atomic E-state index is -2.55. The van der Waals surface area contributed by atoms with Gasteiger partial charge < -0.3 is 29.1 Å². The quantitative estimate of drug-likeness (QED) is 0.144. The van der Waals surface area contributed by atoms with Gasteiger partial charge in [-0.15, -0.1) is 0 Å². The van der Waals surface area contributed by atoms with Crippen molar-refractivity contribution in [3.8, 4) is 5.75 Å². The molecule has 12 heteroatoms. The van der Waals surface area contributed by atoms with Gasteiger partial charge in [0.1, 0.15) is 5.75 Å². The van der Waals surface area contributed by atoms with E-state index < -0.39 is 19.8 Å². The third-order valence-electron chi connectivity index (χ3n) is 12.7. The van der Waals surface area contributed by atoms with Crippen LogP contribution in [0.5, 0.6) is 5.75 Å². The van der Waals surface area contributed by atoms with E-state index >= 15 is 4.79 Å². The van der Waals surface area contributed by atoms with Crippen LogP contribution in [0.4, 0.5) is 17.1 Å². The average Bonchev–Trinajstić information content (AvgIpc) is 3.86. The maximum atomic E-state index is 15.3. The molecule has 7 rings (SSSR count). The second-order valence-corrected chi connectivity index (χ2v) is 20.7. The molecular weight excluding hydrogens is 715 g/mol. The summed E-state index contributed by atoms with van der Waals surface area (Å²) in [5, 5.41) is 11.3. The third-order valence-corrected chi connectivity index (χ3v) is 17.1. The monoisotopic (exact) mass is 767 g/mol. The molecule has 0 radical (unpaired) electrons. The van der Waals surface area contributed by atoms with Gasteiger partial charge in [0.25, 0.3) is 5.91 Å². The van der Waals surface area contributed by atoms with Gasteiger partial charge >= 0.3 is 5.97 Å². The second-order valence-electron chi connectivity index (χ2n) is 16.0. The van der Waals surface area contributed by atoms with Crippen LogP contribution in [-0.4, -0.2) is 87.8 Å². The number of nitrogens with zero attached hydrogens (tertiary/aromatic N) is 3. The van der Waals surface area contributed by atoms with Crippen molar-refractivity contribution in [3.63, 3.8) is 0 Å². The normalized spacial score (nSPS) is 24.7. The molecule has 4 aliphatic heterocycles. The highest BCUT2D eigenvalue weighted by atomic mass is 28.3. The number of amides is 3. The van der Waals surface area contributed by atoms with Crippen LogP contribution >= 0.6 is 0 Å². The Morgan fingerprint density at radius 1 is 0.982 bits per heavy atom. The highest BCUT2D eigenvalue weighted by Crippen LogP contribution is 2.60. The van der Waals surface area contributed by atoms with Crippen molar-refractivity contribution in [2.45, 2.75) is 94.7 Å². The predicted molar refractivity (Wildman–Crippen MR) is 213 cm³/mol. The number of para-hydroxylation sites is 1. The Balaban J connectivity index is 1.34. The molecular formula is C43H53N3O8Si. The Morgan fingerprint density at radius 2 is 1.75 bits per heavy atom. The summed E-state index contributed by atoms with van der Waals surface area (Å²) in [7, 11) is 0.467. The molecule has 1 N–H and O–H groups in total. The van der Waals surface area contributed by atoms with E-state index in [0.717, 1.165) is 35.0 Å². The van der Waals surface area contributed by atoms with Gasteiger partial charge in [0.15, 0.2) is 5.60 Å². The molecule has 0 aliphatic carbocycles. The van der Waals surface area contributed by atoms with Gasteiger partial charge in [0, 0.05) is 43.1 Å². The number of benzene rings is 3. The van der Waals surface area contributed by atoms with Gasteiger partial charge in [0.05, 0.1) is 58.8 Å². The van der Waals surface area contributed by atoms with Crippen molar-refractivity contribution in [3.05, 3.63) is 77.9 Å². The third kappa shape index (κ3) is 6.76. The van der Waals surface area contributed by atoms with Crippen LogP contribution in [0.15, 0.2) is 66.7 Å². The fraction of sp³-hybridized carbons (Fsp3) is 0.488. The van der Waals surface area contributed by atoms with E-state index in [1.54, 1.807) is 21.8 Å². The summed E-state index contributed by atoms with van der Waals surface area (Å²) in [6, 6.07) is 21.6. The molecule has 5 atom stereocenters. The first-order valence-electron chi connectivity index (χ1n) is 19.6. The van der Waals surface area contributed by atoms with Crippen molar-refractivity contribution < 1.29 is 38.5 Å². The number of hydrogen-bond donors (Lipinski definition) is 1. The first-order chi connectivity index (χ1) is 26.5. The van der Waals surface area contributed by atoms with Crippen molar-refractivity contribution in [2.24, 2.45) is 5.92 Å². The van der Waals surface area contributed by atoms with Crippen LogP contribution in [0.1, 0.15) is 63.0 Å². The van der Waals surface area contributed by atoms with Crippen molar-refractivity contribution >= 4 is 54.0 Å². The number of methoxy groups -OCH3 is 2. The van der Waals surface area contributed by atoms with Gasteiger partial charge in [-0.05, 0) is 79.6 Å². The molecule has 0 bridgehead atoms. The van der Waals surface area contributed by atoms with Crippen molar-refractivity contribution in [1.29, 1.82) is 0 Å². The Labute approximate surface area is 324 Å². The summed E-state index contributed by atoms with van der Waals surface area (Å²) in [5.74, 6) is -0.186. The number of hydrogen-bond acceptors (Lipinski definition) is 8. The van der Waals surface area contributed by atoms with E-state index in [9.17, 15) is 19.5 Å². The summed E-state index contributed by atoms with van der Waals surface area (Å²) in [6.07, 6.45) is 3.47. The number of esters is 1. The zero-order valence-electron chi connectivity index (χ0n) is 32.6. The zero-order valence-corrected chi connectivity index (χ0v) is 33.6. The predicted octanol–water partition coefficient (Wildman–Crippen LogP) is 5.59. The molecule has 3 amide bonds. The number of likely N-dealkylation sites (tertiary alicyclic amines) is 1. The number of fused-ring (bicyclic) bond motifs is 3. The molecule has 2 fully saturated rings. The summed E-state index contributed by atoms with van der Waals surface area (Å²) in [5.41, 5.74) is 2.38. The van der Waals surface area contributed by atoms with E-state index in [4.69, 9.17) is 14.2 Å². The SMILES string of the molecule is COC(=O)CCCCN1C(=O)[C@]2(O[C@H](CC(=O)N3CCC[C@H]3CO)[C@@H]([Si](C)(C)c3ccc(OC)cc3)[C@@H]2C)c2cc(N3C(=O)CCc4ccccc43)ccc21.